The number of carbonyl (C=O) groups excluding carboxylic acids is 1. The van der Waals surface area contributed by atoms with Gasteiger partial charge in [0.1, 0.15) is 0 Å². The Labute approximate surface area is 133 Å². The predicted molar refractivity (Wildman–Crippen MR) is 86.2 cm³/mol. The molecule has 2 bridgehead atoms. The minimum atomic E-state index is 0.0885. The first-order chi connectivity index (χ1) is 10.7. The second-order valence-corrected chi connectivity index (χ2v) is 7.29. The zero-order chi connectivity index (χ0) is 15.1. The normalized spacial score (nSPS) is 23.2. The summed E-state index contributed by atoms with van der Waals surface area (Å²) in [6.07, 6.45) is 1.59. The van der Waals surface area contributed by atoms with Gasteiger partial charge in [0.05, 0.1) is 6.42 Å². The highest BCUT2D eigenvalue weighted by Gasteiger charge is 2.36. The van der Waals surface area contributed by atoms with Gasteiger partial charge in [-0.15, -0.1) is 11.3 Å². The molecule has 0 unspecified atom stereocenters. The highest BCUT2D eigenvalue weighted by Crippen LogP contribution is 2.35. The Balaban J connectivity index is 1.56. The fraction of sp³-hybridized carbons (Fsp3) is 0.412. The summed E-state index contributed by atoms with van der Waals surface area (Å²) in [5.74, 6) is 0.913. The lowest BCUT2D eigenvalue weighted by Crippen LogP contribution is -2.49. The molecule has 1 saturated heterocycles. The molecule has 2 aliphatic heterocycles. The molecule has 0 radical (unpaired) electrons. The van der Waals surface area contributed by atoms with Crippen molar-refractivity contribution in [1.82, 2.24) is 9.47 Å². The third-order valence-corrected chi connectivity index (χ3v) is 5.61. The topological polar surface area (TPSA) is 42.3 Å². The zero-order valence-corrected chi connectivity index (χ0v) is 13.1. The van der Waals surface area contributed by atoms with Gasteiger partial charge in [-0.25, -0.2) is 0 Å². The number of hydrogen-bond donors (Lipinski definition) is 0. The molecule has 5 heteroatoms. The van der Waals surface area contributed by atoms with Gasteiger partial charge in [-0.3, -0.25) is 9.59 Å². The molecule has 2 aromatic rings. The van der Waals surface area contributed by atoms with Crippen molar-refractivity contribution >= 4 is 17.2 Å². The van der Waals surface area contributed by atoms with Crippen LogP contribution in [0.3, 0.4) is 0 Å². The second-order valence-electron chi connectivity index (χ2n) is 6.25. The Hall–Kier alpha value is -1.88. The molecule has 4 rings (SSSR count). The average molecular weight is 314 g/mol. The molecule has 2 aliphatic rings. The van der Waals surface area contributed by atoms with Crippen LogP contribution in [0.15, 0.2) is 40.5 Å². The van der Waals surface area contributed by atoms with Crippen molar-refractivity contribution < 1.29 is 4.79 Å². The van der Waals surface area contributed by atoms with Crippen LogP contribution in [0.4, 0.5) is 0 Å². The predicted octanol–water partition coefficient (Wildman–Crippen LogP) is 2.10. The fourth-order valence-electron chi connectivity index (χ4n) is 3.77. The standard InChI is InChI=1S/C17H18N2O2S/c20-16-5-1-4-15-13-7-12(10-19(15)16)9-18(11-13)17(21)8-14-3-2-6-22-14/h1-6,12-13H,7-11H2/t12-,13-/m1/s1. The van der Waals surface area contributed by atoms with Gasteiger partial charge in [0.25, 0.3) is 5.56 Å². The van der Waals surface area contributed by atoms with E-state index in [0.717, 1.165) is 36.6 Å². The lowest BCUT2D eigenvalue weighted by atomic mass is 9.83. The van der Waals surface area contributed by atoms with Crippen LogP contribution in [0.5, 0.6) is 0 Å². The highest BCUT2D eigenvalue weighted by molar-refractivity contribution is 7.10. The highest BCUT2D eigenvalue weighted by atomic mass is 32.1. The van der Waals surface area contributed by atoms with Crippen molar-refractivity contribution in [2.24, 2.45) is 5.92 Å². The molecule has 2 aromatic heterocycles. The maximum Gasteiger partial charge on any atom is 0.250 e. The van der Waals surface area contributed by atoms with E-state index in [1.54, 1.807) is 17.4 Å². The molecule has 4 nitrogen and oxygen atoms in total. The van der Waals surface area contributed by atoms with Crippen LogP contribution in [0.25, 0.3) is 0 Å². The molecule has 0 aliphatic carbocycles. The first-order valence-electron chi connectivity index (χ1n) is 7.70. The van der Waals surface area contributed by atoms with Crippen molar-refractivity contribution in [2.45, 2.75) is 25.3 Å². The zero-order valence-electron chi connectivity index (χ0n) is 12.3. The van der Waals surface area contributed by atoms with Crippen LogP contribution in [0, 0.1) is 5.92 Å². The minimum Gasteiger partial charge on any atom is -0.341 e. The first-order valence-corrected chi connectivity index (χ1v) is 8.58. The summed E-state index contributed by atoms with van der Waals surface area (Å²) in [4.78, 5) is 27.7. The number of thiophene rings is 1. The van der Waals surface area contributed by atoms with E-state index in [1.165, 1.54) is 0 Å². The third-order valence-electron chi connectivity index (χ3n) is 4.74. The van der Waals surface area contributed by atoms with Crippen molar-refractivity contribution in [2.75, 3.05) is 13.1 Å². The van der Waals surface area contributed by atoms with Crippen LogP contribution in [-0.2, 0) is 17.8 Å². The molecule has 22 heavy (non-hydrogen) atoms. The number of pyridine rings is 1. The van der Waals surface area contributed by atoms with Gasteiger partial charge >= 0.3 is 0 Å². The summed E-state index contributed by atoms with van der Waals surface area (Å²) in [7, 11) is 0. The molecule has 0 spiro atoms. The number of carbonyl (C=O) groups is 1. The number of hydrogen-bond acceptors (Lipinski definition) is 3. The summed E-state index contributed by atoms with van der Waals surface area (Å²) >= 11 is 1.63. The van der Waals surface area contributed by atoms with Gasteiger partial charge in [-0.1, -0.05) is 12.1 Å². The SMILES string of the molecule is O=C(Cc1cccs1)N1C[C@H]2C[C@H](C1)c1cccc(=O)n1C2. The van der Waals surface area contributed by atoms with Crippen molar-refractivity contribution in [3.63, 3.8) is 0 Å². The largest absolute Gasteiger partial charge is 0.341 e. The molecule has 0 saturated carbocycles. The summed E-state index contributed by atoms with van der Waals surface area (Å²) in [6, 6.07) is 9.50. The van der Waals surface area contributed by atoms with E-state index in [1.807, 2.05) is 39.1 Å². The Morgan fingerprint density at radius 3 is 2.91 bits per heavy atom. The average Bonchev–Trinajstić information content (AvgIpc) is 3.01. The Morgan fingerprint density at radius 2 is 2.09 bits per heavy atom. The summed E-state index contributed by atoms with van der Waals surface area (Å²) in [5.41, 5.74) is 1.18. The quantitative estimate of drug-likeness (QED) is 0.852. The van der Waals surface area contributed by atoms with E-state index >= 15 is 0 Å². The van der Waals surface area contributed by atoms with Gasteiger partial charge in [0.2, 0.25) is 5.91 Å². The first kappa shape index (κ1) is 13.8. The number of fused-ring (bicyclic) bond motifs is 4. The minimum absolute atomic E-state index is 0.0885. The second kappa shape index (κ2) is 5.39. The molecule has 0 aromatic carbocycles. The molecule has 114 valence electrons. The van der Waals surface area contributed by atoms with Gasteiger partial charge in [0.15, 0.2) is 0 Å². The molecular formula is C17H18N2O2S. The lowest BCUT2D eigenvalue weighted by Gasteiger charge is -2.42. The van der Waals surface area contributed by atoms with Crippen LogP contribution in [0.2, 0.25) is 0 Å². The third kappa shape index (κ3) is 2.39. The van der Waals surface area contributed by atoms with Crippen LogP contribution in [0.1, 0.15) is 22.9 Å². The van der Waals surface area contributed by atoms with Crippen molar-refractivity contribution in [3.8, 4) is 0 Å². The van der Waals surface area contributed by atoms with Crippen LogP contribution in [-0.4, -0.2) is 28.5 Å². The molecule has 1 amide bonds. The van der Waals surface area contributed by atoms with E-state index in [-0.39, 0.29) is 11.5 Å². The van der Waals surface area contributed by atoms with Crippen molar-refractivity contribution in [1.29, 1.82) is 0 Å². The van der Waals surface area contributed by atoms with E-state index < -0.39 is 0 Å². The Morgan fingerprint density at radius 1 is 1.18 bits per heavy atom. The Kier molecular flexibility index (Phi) is 3.37. The van der Waals surface area contributed by atoms with E-state index in [4.69, 9.17) is 0 Å². The van der Waals surface area contributed by atoms with Gasteiger partial charge in [-0.05, 0) is 29.9 Å². The van der Waals surface area contributed by atoms with Crippen LogP contribution < -0.4 is 5.56 Å². The molecule has 4 heterocycles. The summed E-state index contributed by atoms with van der Waals surface area (Å²) in [6.45, 7) is 2.26. The van der Waals surface area contributed by atoms with Crippen LogP contribution >= 0.6 is 11.3 Å². The number of aromatic nitrogens is 1. The summed E-state index contributed by atoms with van der Waals surface area (Å²) in [5, 5.41) is 2.01. The summed E-state index contributed by atoms with van der Waals surface area (Å²) < 4.78 is 1.90. The van der Waals surface area contributed by atoms with Crippen molar-refractivity contribution in [3.05, 3.63) is 56.6 Å². The molecule has 1 fully saturated rings. The Bertz CT molecular complexity index is 750. The smallest absolute Gasteiger partial charge is 0.250 e. The van der Waals surface area contributed by atoms with Gasteiger partial charge in [0, 0.05) is 42.2 Å². The molecule has 0 N–H and O–H groups in total. The number of likely N-dealkylation sites (tertiary alicyclic amines) is 1. The lowest BCUT2D eigenvalue weighted by molar-refractivity contribution is -0.133. The van der Waals surface area contributed by atoms with E-state index in [0.29, 0.717) is 18.3 Å². The molecule has 2 atom stereocenters. The number of nitrogens with zero attached hydrogens (tertiary/aromatic N) is 2. The van der Waals surface area contributed by atoms with Gasteiger partial charge in [-0.2, -0.15) is 0 Å². The van der Waals surface area contributed by atoms with Gasteiger partial charge < -0.3 is 9.47 Å². The van der Waals surface area contributed by atoms with E-state index in [2.05, 4.69) is 0 Å². The maximum atomic E-state index is 12.5. The number of rotatable bonds is 2. The molecular weight excluding hydrogens is 296 g/mol. The monoisotopic (exact) mass is 314 g/mol. The van der Waals surface area contributed by atoms with E-state index in [9.17, 15) is 9.59 Å². The number of amides is 1. The maximum absolute atomic E-state index is 12.5. The number of piperidine rings is 1. The fourth-order valence-corrected chi connectivity index (χ4v) is 4.47.